The van der Waals surface area contributed by atoms with E-state index in [1.165, 1.54) is 18.5 Å². The molecule has 0 saturated carbocycles. The molecule has 0 bridgehead atoms. The smallest absolute Gasteiger partial charge is 0.115 e. The van der Waals surface area contributed by atoms with E-state index in [2.05, 4.69) is 54.2 Å². The number of hydrogen-bond donors (Lipinski definition) is 1. The summed E-state index contributed by atoms with van der Waals surface area (Å²) in [6.45, 7) is 7.42. The summed E-state index contributed by atoms with van der Waals surface area (Å²) in [6.07, 6.45) is 1.13. The number of aryl methyl sites for hydroxylation is 2. The summed E-state index contributed by atoms with van der Waals surface area (Å²) in [7, 11) is 0. The van der Waals surface area contributed by atoms with E-state index >= 15 is 0 Å². The molecule has 0 aliphatic carbocycles. The van der Waals surface area contributed by atoms with Gasteiger partial charge in [0.05, 0.1) is 15.5 Å². The molecule has 1 N–H and O–H groups in total. The van der Waals surface area contributed by atoms with Crippen LogP contribution in [0.25, 0.3) is 0 Å². The van der Waals surface area contributed by atoms with E-state index in [0.29, 0.717) is 0 Å². The van der Waals surface area contributed by atoms with Gasteiger partial charge in [0, 0.05) is 9.75 Å². The van der Waals surface area contributed by atoms with Crippen molar-refractivity contribution < 1.29 is 0 Å². The molecule has 0 amide bonds. The lowest BCUT2D eigenvalue weighted by atomic mass is 10.2. The molecule has 98 valence electrons. The minimum absolute atomic E-state index is 0.235. The molecule has 18 heavy (non-hydrogen) atoms. The minimum Gasteiger partial charge on any atom is -0.304 e. The largest absolute Gasteiger partial charge is 0.304 e. The zero-order valence-electron chi connectivity index (χ0n) is 10.8. The number of thiazole rings is 1. The van der Waals surface area contributed by atoms with E-state index < -0.39 is 0 Å². The topological polar surface area (TPSA) is 24.9 Å². The zero-order valence-corrected chi connectivity index (χ0v) is 14.0. The highest BCUT2D eigenvalue weighted by atomic mass is 79.9. The van der Waals surface area contributed by atoms with Gasteiger partial charge in [-0.3, -0.25) is 0 Å². The first-order valence-electron chi connectivity index (χ1n) is 6.04. The van der Waals surface area contributed by atoms with Gasteiger partial charge in [-0.25, -0.2) is 4.98 Å². The molecule has 0 aliphatic heterocycles. The molecule has 1 atom stereocenters. The lowest BCUT2D eigenvalue weighted by Gasteiger charge is -2.14. The second-order valence-electron chi connectivity index (χ2n) is 4.22. The van der Waals surface area contributed by atoms with Crippen molar-refractivity contribution in [3.8, 4) is 0 Å². The second kappa shape index (κ2) is 6.28. The number of rotatable bonds is 5. The Labute approximate surface area is 125 Å². The molecular formula is C13H17BrN2S2. The molecule has 1 unspecified atom stereocenters. The van der Waals surface area contributed by atoms with Crippen molar-refractivity contribution in [2.24, 2.45) is 0 Å². The minimum atomic E-state index is 0.235. The molecule has 2 heterocycles. The Kier molecular flexibility index (Phi) is 4.95. The maximum absolute atomic E-state index is 4.70. The monoisotopic (exact) mass is 344 g/mol. The Morgan fingerprint density at radius 1 is 1.33 bits per heavy atom. The number of aromatic nitrogens is 1. The fourth-order valence-electron chi connectivity index (χ4n) is 1.70. The maximum Gasteiger partial charge on any atom is 0.115 e. The van der Waals surface area contributed by atoms with Gasteiger partial charge in [0.25, 0.3) is 0 Å². The Balaban J connectivity index is 2.30. The van der Waals surface area contributed by atoms with Gasteiger partial charge in [0.15, 0.2) is 0 Å². The third kappa shape index (κ3) is 3.20. The molecule has 0 aromatic carbocycles. The van der Waals surface area contributed by atoms with Crippen LogP contribution in [0.5, 0.6) is 0 Å². The standard InChI is InChI=1S/C13H17BrN2S2/c1-4-7-15-12(10-5-6-11(14)18-10)13-16-8(2)9(3)17-13/h5-6,12,15H,4,7H2,1-3H3. The molecular weight excluding hydrogens is 328 g/mol. The third-order valence-electron chi connectivity index (χ3n) is 2.77. The van der Waals surface area contributed by atoms with Crippen LogP contribution in [0.1, 0.15) is 39.8 Å². The van der Waals surface area contributed by atoms with Crippen LogP contribution in [-0.4, -0.2) is 11.5 Å². The first-order valence-corrected chi connectivity index (χ1v) is 8.47. The van der Waals surface area contributed by atoms with Crippen LogP contribution in [-0.2, 0) is 0 Å². The first-order chi connectivity index (χ1) is 8.61. The van der Waals surface area contributed by atoms with Crippen molar-refractivity contribution in [2.45, 2.75) is 33.2 Å². The van der Waals surface area contributed by atoms with E-state index in [-0.39, 0.29) is 6.04 Å². The summed E-state index contributed by atoms with van der Waals surface area (Å²) >= 11 is 7.11. The van der Waals surface area contributed by atoms with Crippen molar-refractivity contribution >= 4 is 38.6 Å². The van der Waals surface area contributed by atoms with Gasteiger partial charge in [-0.1, -0.05) is 6.92 Å². The maximum atomic E-state index is 4.70. The second-order valence-corrected chi connectivity index (χ2v) is 7.95. The number of nitrogens with one attached hydrogen (secondary N) is 1. The van der Waals surface area contributed by atoms with Crippen molar-refractivity contribution in [3.63, 3.8) is 0 Å². The van der Waals surface area contributed by atoms with E-state index in [4.69, 9.17) is 4.98 Å². The van der Waals surface area contributed by atoms with Crippen LogP contribution in [0.2, 0.25) is 0 Å². The molecule has 2 aromatic heterocycles. The lowest BCUT2D eigenvalue weighted by Crippen LogP contribution is -2.22. The number of thiophene rings is 1. The Morgan fingerprint density at radius 3 is 2.61 bits per heavy atom. The molecule has 5 heteroatoms. The molecule has 0 radical (unpaired) electrons. The summed E-state index contributed by atoms with van der Waals surface area (Å²) < 4.78 is 1.17. The van der Waals surface area contributed by atoms with E-state index in [0.717, 1.165) is 18.7 Å². The average Bonchev–Trinajstić information content (AvgIpc) is 2.88. The van der Waals surface area contributed by atoms with E-state index in [9.17, 15) is 0 Å². The van der Waals surface area contributed by atoms with Gasteiger partial charge in [-0.15, -0.1) is 22.7 Å². The molecule has 2 nitrogen and oxygen atoms in total. The normalized spacial score (nSPS) is 12.9. The van der Waals surface area contributed by atoms with Gasteiger partial charge < -0.3 is 5.32 Å². The van der Waals surface area contributed by atoms with Gasteiger partial charge in [0.2, 0.25) is 0 Å². The molecule has 0 fully saturated rings. The Hall–Kier alpha value is -0.230. The van der Waals surface area contributed by atoms with Crippen molar-refractivity contribution in [1.82, 2.24) is 10.3 Å². The van der Waals surface area contributed by atoms with Gasteiger partial charge >= 0.3 is 0 Å². The summed E-state index contributed by atoms with van der Waals surface area (Å²) in [5.74, 6) is 0. The highest BCUT2D eigenvalue weighted by molar-refractivity contribution is 9.11. The van der Waals surface area contributed by atoms with Crippen LogP contribution in [0.3, 0.4) is 0 Å². The fraction of sp³-hybridized carbons (Fsp3) is 0.462. The average molecular weight is 345 g/mol. The summed E-state index contributed by atoms with van der Waals surface area (Å²) in [5, 5.41) is 4.77. The number of nitrogens with zero attached hydrogens (tertiary/aromatic N) is 1. The van der Waals surface area contributed by atoms with Gasteiger partial charge in [-0.2, -0.15) is 0 Å². The Morgan fingerprint density at radius 2 is 2.11 bits per heavy atom. The molecule has 0 saturated heterocycles. The quantitative estimate of drug-likeness (QED) is 0.852. The summed E-state index contributed by atoms with van der Waals surface area (Å²) in [6, 6.07) is 4.51. The van der Waals surface area contributed by atoms with Gasteiger partial charge in [-0.05, 0) is 54.9 Å². The van der Waals surface area contributed by atoms with Crippen LogP contribution in [0.4, 0.5) is 0 Å². The van der Waals surface area contributed by atoms with Crippen LogP contribution >= 0.6 is 38.6 Å². The molecule has 0 aliphatic rings. The fourth-order valence-corrected chi connectivity index (χ4v) is 4.30. The summed E-state index contributed by atoms with van der Waals surface area (Å²) in [4.78, 5) is 7.33. The Bertz CT molecular complexity index is 499. The predicted octanol–water partition coefficient (Wildman–Crippen LogP) is 4.67. The van der Waals surface area contributed by atoms with Crippen LogP contribution < -0.4 is 5.32 Å². The highest BCUT2D eigenvalue weighted by Crippen LogP contribution is 2.33. The SMILES string of the molecule is CCCNC(c1ccc(Br)s1)c1nc(C)c(C)s1. The molecule has 0 spiro atoms. The number of halogens is 1. The molecule has 2 rings (SSSR count). The van der Waals surface area contributed by atoms with Crippen molar-refractivity contribution in [1.29, 1.82) is 0 Å². The van der Waals surface area contributed by atoms with Crippen LogP contribution in [0.15, 0.2) is 15.9 Å². The van der Waals surface area contributed by atoms with E-state index in [1.807, 2.05) is 0 Å². The van der Waals surface area contributed by atoms with E-state index in [1.54, 1.807) is 22.7 Å². The van der Waals surface area contributed by atoms with Crippen molar-refractivity contribution in [2.75, 3.05) is 6.54 Å². The predicted molar refractivity (Wildman–Crippen MR) is 83.7 cm³/mol. The highest BCUT2D eigenvalue weighted by Gasteiger charge is 2.19. The molecule has 2 aromatic rings. The van der Waals surface area contributed by atoms with Crippen LogP contribution in [0, 0.1) is 13.8 Å². The summed E-state index contributed by atoms with van der Waals surface area (Å²) in [5.41, 5.74) is 1.15. The van der Waals surface area contributed by atoms with Crippen molar-refractivity contribution in [3.05, 3.63) is 36.4 Å². The zero-order chi connectivity index (χ0) is 13.1. The third-order valence-corrected chi connectivity index (χ3v) is 5.60. The van der Waals surface area contributed by atoms with Gasteiger partial charge in [0.1, 0.15) is 5.01 Å². The lowest BCUT2D eigenvalue weighted by molar-refractivity contribution is 0.602. The first kappa shape index (κ1) is 14.2. The number of hydrogen-bond acceptors (Lipinski definition) is 4.